The molecule has 1 amide bonds. The highest BCUT2D eigenvalue weighted by atomic mass is 35.5. The van der Waals surface area contributed by atoms with Crippen LogP contribution in [0.1, 0.15) is 13.3 Å². The van der Waals surface area contributed by atoms with Gasteiger partial charge < -0.3 is 9.88 Å². The number of thioether (sulfide) groups is 1. The largest absolute Gasteiger partial charge is 0.323 e. The Morgan fingerprint density at radius 2 is 2.04 bits per heavy atom. The van der Waals surface area contributed by atoms with Crippen molar-refractivity contribution in [2.75, 3.05) is 11.1 Å². The predicted molar refractivity (Wildman–Crippen MR) is 102 cm³/mol. The van der Waals surface area contributed by atoms with Gasteiger partial charge in [0.25, 0.3) is 0 Å². The number of nitrogens with zero attached hydrogens (tertiary/aromatic N) is 5. The molecule has 0 aliphatic heterocycles. The van der Waals surface area contributed by atoms with Gasteiger partial charge in [-0.05, 0) is 30.7 Å². The highest BCUT2D eigenvalue weighted by Crippen LogP contribution is 2.24. The van der Waals surface area contributed by atoms with Crippen LogP contribution in [0.3, 0.4) is 0 Å². The number of carbonyl (C=O) groups is 1. The zero-order valence-electron chi connectivity index (χ0n) is 14.1. The molecule has 9 heteroatoms. The van der Waals surface area contributed by atoms with Crippen molar-refractivity contribution < 1.29 is 4.79 Å². The monoisotopic (exact) mass is 388 g/mol. The molecule has 3 rings (SSSR count). The molecule has 0 unspecified atom stereocenters. The SMILES string of the molecule is CCCn1c(SCC(=O)Nc2cccnc2Cl)nnc1-c1ccncc1. The molecule has 1 N–H and O–H groups in total. The van der Waals surface area contributed by atoms with Gasteiger partial charge in [-0.1, -0.05) is 30.3 Å². The summed E-state index contributed by atoms with van der Waals surface area (Å²) < 4.78 is 2.02. The van der Waals surface area contributed by atoms with Gasteiger partial charge in [0, 0.05) is 30.7 Å². The number of pyridine rings is 2. The smallest absolute Gasteiger partial charge is 0.234 e. The Morgan fingerprint density at radius 3 is 2.77 bits per heavy atom. The van der Waals surface area contributed by atoms with Crippen LogP contribution in [-0.2, 0) is 11.3 Å². The van der Waals surface area contributed by atoms with E-state index in [0.717, 1.165) is 24.4 Å². The second-order valence-corrected chi connectivity index (χ2v) is 6.67. The number of hydrogen-bond donors (Lipinski definition) is 1. The summed E-state index contributed by atoms with van der Waals surface area (Å²) in [7, 11) is 0. The highest BCUT2D eigenvalue weighted by molar-refractivity contribution is 7.99. The van der Waals surface area contributed by atoms with Gasteiger partial charge in [-0.3, -0.25) is 9.78 Å². The van der Waals surface area contributed by atoms with Gasteiger partial charge in [0.1, 0.15) is 0 Å². The number of hydrogen-bond acceptors (Lipinski definition) is 6. The first-order valence-electron chi connectivity index (χ1n) is 8.05. The third kappa shape index (κ3) is 4.39. The molecule has 0 saturated heterocycles. The molecule has 3 aromatic rings. The third-order valence-corrected chi connectivity index (χ3v) is 4.74. The molecule has 26 heavy (non-hydrogen) atoms. The van der Waals surface area contributed by atoms with Crippen molar-refractivity contribution in [1.29, 1.82) is 0 Å². The molecular formula is C17H17ClN6OS. The fraction of sp³-hybridized carbons (Fsp3) is 0.235. The van der Waals surface area contributed by atoms with E-state index in [0.29, 0.717) is 10.8 Å². The highest BCUT2D eigenvalue weighted by Gasteiger charge is 2.15. The van der Waals surface area contributed by atoms with Gasteiger partial charge in [0.15, 0.2) is 16.1 Å². The summed E-state index contributed by atoms with van der Waals surface area (Å²) in [6, 6.07) is 7.20. The number of anilines is 1. The van der Waals surface area contributed by atoms with Crippen LogP contribution < -0.4 is 5.32 Å². The van der Waals surface area contributed by atoms with E-state index in [1.54, 1.807) is 30.7 Å². The molecule has 134 valence electrons. The molecule has 0 spiro atoms. The summed E-state index contributed by atoms with van der Waals surface area (Å²) >= 11 is 7.29. The number of rotatable bonds is 7. The minimum Gasteiger partial charge on any atom is -0.323 e. The Bertz CT molecular complexity index is 886. The molecule has 7 nitrogen and oxygen atoms in total. The molecule has 0 radical (unpaired) electrons. The van der Waals surface area contributed by atoms with E-state index in [9.17, 15) is 4.79 Å². The minimum absolute atomic E-state index is 0.179. The lowest BCUT2D eigenvalue weighted by Gasteiger charge is -2.09. The van der Waals surface area contributed by atoms with Crippen LogP contribution in [0.15, 0.2) is 48.0 Å². The van der Waals surface area contributed by atoms with E-state index in [-0.39, 0.29) is 16.8 Å². The summed E-state index contributed by atoms with van der Waals surface area (Å²) in [6.45, 7) is 2.85. The van der Waals surface area contributed by atoms with E-state index in [2.05, 4.69) is 32.4 Å². The Hall–Kier alpha value is -2.45. The first-order chi connectivity index (χ1) is 12.7. The Kier molecular flexibility index (Phi) is 6.19. The fourth-order valence-corrected chi connectivity index (χ4v) is 3.26. The summed E-state index contributed by atoms with van der Waals surface area (Å²) in [5, 5.41) is 12.2. The van der Waals surface area contributed by atoms with Crippen molar-refractivity contribution in [2.24, 2.45) is 0 Å². The van der Waals surface area contributed by atoms with Gasteiger partial charge in [0.2, 0.25) is 5.91 Å². The molecule has 0 atom stereocenters. The van der Waals surface area contributed by atoms with Crippen molar-refractivity contribution >= 4 is 35.0 Å². The minimum atomic E-state index is -0.179. The van der Waals surface area contributed by atoms with Crippen LogP contribution in [0.25, 0.3) is 11.4 Å². The van der Waals surface area contributed by atoms with Crippen LogP contribution in [0.4, 0.5) is 5.69 Å². The van der Waals surface area contributed by atoms with Gasteiger partial charge in [0.05, 0.1) is 11.4 Å². The number of halogens is 1. The van der Waals surface area contributed by atoms with Crippen LogP contribution in [-0.4, -0.2) is 36.4 Å². The van der Waals surface area contributed by atoms with Gasteiger partial charge in [-0.15, -0.1) is 10.2 Å². The van der Waals surface area contributed by atoms with Crippen molar-refractivity contribution in [3.05, 3.63) is 48.0 Å². The van der Waals surface area contributed by atoms with E-state index < -0.39 is 0 Å². The Morgan fingerprint density at radius 1 is 1.23 bits per heavy atom. The lowest BCUT2D eigenvalue weighted by atomic mass is 10.2. The molecule has 0 bridgehead atoms. The first-order valence-corrected chi connectivity index (χ1v) is 9.42. The van der Waals surface area contributed by atoms with E-state index in [1.165, 1.54) is 11.8 Å². The third-order valence-electron chi connectivity index (χ3n) is 3.47. The lowest BCUT2D eigenvalue weighted by molar-refractivity contribution is -0.113. The van der Waals surface area contributed by atoms with Gasteiger partial charge in [-0.2, -0.15) is 0 Å². The average molecular weight is 389 g/mol. The van der Waals surface area contributed by atoms with Crippen LogP contribution in [0.2, 0.25) is 5.15 Å². The fourth-order valence-electron chi connectivity index (χ4n) is 2.33. The standard InChI is InChI=1S/C17H17ClN6OS/c1-2-10-24-16(12-5-8-19-9-6-12)22-23-17(24)26-11-14(25)21-13-4-3-7-20-15(13)18/h3-9H,2,10-11H2,1H3,(H,21,25). The van der Waals surface area contributed by atoms with Crippen LogP contribution in [0.5, 0.6) is 0 Å². The molecule has 0 fully saturated rings. The molecule has 0 aliphatic rings. The molecule has 3 heterocycles. The normalized spacial score (nSPS) is 10.7. The lowest BCUT2D eigenvalue weighted by Crippen LogP contribution is -2.15. The quantitative estimate of drug-likeness (QED) is 0.492. The summed E-state index contributed by atoms with van der Waals surface area (Å²) in [4.78, 5) is 20.2. The maximum Gasteiger partial charge on any atom is 0.234 e. The summed E-state index contributed by atoms with van der Waals surface area (Å²) in [5.41, 5.74) is 1.44. The maximum absolute atomic E-state index is 12.2. The summed E-state index contributed by atoms with van der Waals surface area (Å²) in [6.07, 6.45) is 5.94. The van der Waals surface area contributed by atoms with E-state index in [4.69, 9.17) is 11.6 Å². The number of carbonyl (C=O) groups excluding carboxylic acids is 1. The average Bonchev–Trinajstić information content (AvgIpc) is 3.06. The van der Waals surface area contributed by atoms with E-state index in [1.807, 2.05) is 16.7 Å². The second kappa shape index (κ2) is 8.77. The maximum atomic E-state index is 12.2. The molecule has 0 saturated carbocycles. The second-order valence-electron chi connectivity index (χ2n) is 5.37. The molecule has 0 aromatic carbocycles. The van der Waals surface area contributed by atoms with Gasteiger partial charge >= 0.3 is 0 Å². The topological polar surface area (TPSA) is 85.6 Å². The number of amides is 1. The zero-order valence-corrected chi connectivity index (χ0v) is 15.7. The van der Waals surface area contributed by atoms with E-state index >= 15 is 0 Å². The van der Waals surface area contributed by atoms with Crippen molar-refractivity contribution in [1.82, 2.24) is 24.7 Å². The summed E-state index contributed by atoms with van der Waals surface area (Å²) in [5.74, 6) is 0.789. The van der Waals surface area contributed by atoms with Crippen molar-refractivity contribution in [3.63, 3.8) is 0 Å². The predicted octanol–water partition coefficient (Wildman–Crippen LogP) is 3.53. The number of nitrogens with one attached hydrogen (secondary N) is 1. The van der Waals surface area contributed by atoms with Crippen LogP contribution >= 0.6 is 23.4 Å². The molecule has 3 aromatic heterocycles. The van der Waals surface area contributed by atoms with Gasteiger partial charge in [-0.25, -0.2) is 4.98 Å². The van der Waals surface area contributed by atoms with Crippen molar-refractivity contribution in [2.45, 2.75) is 25.0 Å². The molecular weight excluding hydrogens is 372 g/mol. The molecule has 0 aliphatic carbocycles. The first kappa shape index (κ1) is 18.3. The Labute approximate surface area is 160 Å². The Balaban J connectivity index is 1.71. The number of aromatic nitrogens is 5. The van der Waals surface area contributed by atoms with Crippen molar-refractivity contribution in [3.8, 4) is 11.4 Å². The zero-order chi connectivity index (χ0) is 18.4. The van der Waals surface area contributed by atoms with Crippen LogP contribution in [0, 0.1) is 0 Å².